The Morgan fingerprint density at radius 3 is 2.44 bits per heavy atom. The van der Waals surface area contributed by atoms with Crippen LogP contribution in [0.4, 0.5) is 0 Å². The van der Waals surface area contributed by atoms with E-state index in [4.69, 9.17) is 16.3 Å². The van der Waals surface area contributed by atoms with Gasteiger partial charge in [-0.15, -0.1) is 11.6 Å². The average molecular weight is 149 g/mol. The zero-order chi connectivity index (χ0) is 7.07. The highest BCUT2D eigenvalue weighted by Gasteiger charge is 2.41. The van der Waals surface area contributed by atoms with Gasteiger partial charge in [0.2, 0.25) is 0 Å². The van der Waals surface area contributed by atoms with Crippen molar-refractivity contribution in [3.05, 3.63) is 0 Å². The molecule has 0 N–H and O–H groups in total. The van der Waals surface area contributed by atoms with Crippen LogP contribution in [-0.2, 0) is 9.53 Å². The molecule has 0 saturated carbocycles. The minimum atomic E-state index is -0.461. The van der Waals surface area contributed by atoms with Gasteiger partial charge < -0.3 is 4.74 Å². The highest BCUT2D eigenvalue weighted by molar-refractivity contribution is 6.31. The third-order valence-corrected chi connectivity index (χ3v) is 2.25. The maximum absolute atomic E-state index is 10.6. The van der Waals surface area contributed by atoms with Gasteiger partial charge in [0.15, 0.2) is 0 Å². The van der Waals surface area contributed by atoms with Gasteiger partial charge in [-0.25, -0.2) is 0 Å². The molecular formula is C6H9ClO2. The predicted molar refractivity (Wildman–Crippen MR) is 34.4 cm³/mol. The lowest BCUT2D eigenvalue weighted by molar-refractivity contribution is -0.137. The van der Waals surface area contributed by atoms with Gasteiger partial charge in [-0.1, -0.05) is 13.8 Å². The average Bonchev–Trinajstić information content (AvgIpc) is 1.97. The largest absolute Gasteiger partial charge is 0.464 e. The molecule has 0 amide bonds. The first-order chi connectivity index (χ1) is 4.04. The van der Waals surface area contributed by atoms with Crippen LogP contribution in [0, 0.1) is 5.41 Å². The number of rotatable bonds is 0. The molecule has 0 aromatic rings. The summed E-state index contributed by atoms with van der Waals surface area (Å²) in [5, 5.41) is -0.461. The van der Waals surface area contributed by atoms with Gasteiger partial charge in [-0.2, -0.15) is 0 Å². The molecule has 0 aliphatic carbocycles. The van der Waals surface area contributed by atoms with Crippen molar-refractivity contribution in [2.45, 2.75) is 19.2 Å². The van der Waals surface area contributed by atoms with E-state index in [2.05, 4.69) is 0 Å². The van der Waals surface area contributed by atoms with Gasteiger partial charge in [0.25, 0.3) is 0 Å². The van der Waals surface area contributed by atoms with E-state index in [0.29, 0.717) is 6.61 Å². The minimum Gasteiger partial charge on any atom is -0.464 e. The normalized spacial score (nSPS) is 32.3. The summed E-state index contributed by atoms with van der Waals surface area (Å²) < 4.78 is 4.71. The molecule has 1 rings (SSSR count). The van der Waals surface area contributed by atoms with Crippen molar-refractivity contribution in [2.24, 2.45) is 5.41 Å². The third-order valence-electron chi connectivity index (χ3n) is 1.48. The molecule has 0 aromatic heterocycles. The van der Waals surface area contributed by atoms with Crippen LogP contribution in [0.5, 0.6) is 0 Å². The van der Waals surface area contributed by atoms with Gasteiger partial charge in [0, 0.05) is 5.41 Å². The third kappa shape index (κ3) is 1.04. The summed E-state index contributed by atoms with van der Waals surface area (Å²) in [6.07, 6.45) is 0. The van der Waals surface area contributed by atoms with Crippen molar-refractivity contribution < 1.29 is 9.53 Å². The van der Waals surface area contributed by atoms with Gasteiger partial charge in [0.05, 0.1) is 6.61 Å². The van der Waals surface area contributed by atoms with E-state index in [1.54, 1.807) is 0 Å². The maximum Gasteiger partial charge on any atom is 0.324 e. The Morgan fingerprint density at radius 2 is 2.33 bits per heavy atom. The minimum absolute atomic E-state index is 0.182. The fourth-order valence-corrected chi connectivity index (χ4v) is 0.848. The van der Waals surface area contributed by atoms with Crippen LogP contribution in [0.25, 0.3) is 0 Å². The molecule has 1 heterocycles. The van der Waals surface area contributed by atoms with Crippen molar-refractivity contribution in [1.29, 1.82) is 0 Å². The van der Waals surface area contributed by atoms with Crippen molar-refractivity contribution in [3.8, 4) is 0 Å². The van der Waals surface area contributed by atoms with Crippen LogP contribution in [0.15, 0.2) is 0 Å². The lowest BCUT2D eigenvalue weighted by atomic mass is 9.92. The molecule has 9 heavy (non-hydrogen) atoms. The zero-order valence-corrected chi connectivity index (χ0v) is 6.23. The summed E-state index contributed by atoms with van der Waals surface area (Å²) in [7, 11) is 0. The summed E-state index contributed by atoms with van der Waals surface area (Å²) in [5.41, 5.74) is -0.182. The number of carbonyl (C=O) groups excluding carboxylic acids is 1. The molecule has 1 atom stereocenters. The lowest BCUT2D eigenvalue weighted by Crippen LogP contribution is -2.24. The van der Waals surface area contributed by atoms with Gasteiger partial charge in [-0.3, -0.25) is 4.79 Å². The summed E-state index contributed by atoms with van der Waals surface area (Å²) >= 11 is 5.68. The summed E-state index contributed by atoms with van der Waals surface area (Å²) in [4.78, 5) is 10.6. The topological polar surface area (TPSA) is 26.3 Å². The van der Waals surface area contributed by atoms with E-state index >= 15 is 0 Å². The Balaban J connectivity index is 2.73. The number of halogens is 1. The highest BCUT2D eigenvalue weighted by Crippen LogP contribution is 2.32. The molecular weight excluding hydrogens is 140 g/mol. The van der Waals surface area contributed by atoms with Crippen LogP contribution in [0.3, 0.4) is 0 Å². The zero-order valence-electron chi connectivity index (χ0n) is 5.48. The van der Waals surface area contributed by atoms with Crippen molar-refractivity contribution in [1.82, 2.24) is 0 Å². The van der Waals surface area contributed by atoms with Crippen LogP contribution >= 0.6 is 11.6 Å². The fraction of sp³-hybridized carbons (Fsp3) is 0.833. The smallest absolute Gasteiger partial charge is 0.324 e. The molecule has 2 nitrogen and oxygen atoms in total. The first-order valence-corrected chi connectivity index (χ1v) is 3.28. The van der Waals surface area contributed by atoms with Crippen molar-refractivity contribution in [3.63, 3.8) is 0 Å². The van der Waals surface area contributed by atoms with E-state index in [1.807, 2.05) is 13.8 Å². The predicted octanol–water partition coefficient (Wildman–Crippen LogP) is 1.18. The van der Waals surface area contributed by atoms with Crippen LogP contribution < -0.4 is 0 Å². The molecule has 0 radical (unpaired) electrons. The number of hydrogen-bond acceptors (Lipinski definition) is 2. The molecule has 1 aliphatic rings. The summed E-state index contributed by atoms with van der Waals surface area (Å²) in [6.45, 7) is 4.27. The standard InChI is InChI=1S/C6H9ClO2/c1-6(2)3-9-5(8)4(6)7/h4H,3H2,1-2H3/t4-/m0/s1. The number of ether oxygens (including phenoxy) is 1. The highest BCUT2D eigenvalue weighted by atomic mass is 35.5. The van der Waals surface area contributed by atoms with E-state index in [-0.39, 0.29) is 11.4 Å². The molecule has 1 fully saturated rings. The quantitative estimate of drug-likeness (QED) is 0.381. The molecule has 1 aliphatic heterocycles. The number of hydrogen-bond donors (Lipinski definition) is 0. The molecule has 0 aromatic carbocycles. The van der Waals surface area contributed by atoms with Crippen molar-refractivity contribution in [2.75, 3.05) is 6.61 Å². The number of esters is 1. The maximum atomic E-state index is 10.6. The molecule has 0 spiro atoms. The second-order valence-corrected chi connectivity index (χ2v) is 3.40. The van der Waals surface area contributed by atoms with Crippen LogP contribution in [-0.4, -0.2) is 18.0 Å². The number of alkyl halides is 1. The Kier molecular flexibility index (Phi) is 1.43. The lowest BCUT2D eigenvalue weighted by Gasteiger charge is -2.14. The molecule has 0 bridgehead atoms. The van der Waals surface area contributed by atoms with Gasteiger partial charge in [-0.05, 0) is 0 Å². The monoisotopic (exact) mass is 148 g/mol. The van der Waals surface area contributed by atoms with E-state index in [0.717, 1.165) is 0 Å². The summed E-state index contributed by atoms with van der Waals surface area (Å²) in [6, 6.07) is 0. The van der Waals surface area contributed by atoms with E-state index in [1.165, 1.54) is 0 Å². The van der Waals surface area contributed by atoms with Crippen LogP contribution in [0.2, 0.25) is 0 Å². The Hall–Kier alpha value is -0.240. The SMILES string of the molecule is CC1(C)COC(=O)[C@@H]1Cl. The van der Waals surface area contributed by atoms with Crippen LogP contribution in [0.1, 0.15) is 13.8 Å². The Morgan fingerprint density at radius 1 is 1.78 bits per heavy atom. The molecule has 1 saturated heterocycles. The second-order valence-electron chi connectivity index (χ2n) is 2.96. The van der Waals surface area contributed by atoms with Gasteiger partial charge >= 0.3 is 5.97 Å². The van der Waals surface area contributed by atoms with E-state index in [9.17, 15) is 4.79 Å². The number of cyclic esters (lactones) is 1. The molecule has 52 valence electrons. The molecule has 3 heteroatoms. The summed E-state index contributed by atoms with van der Waals surface area (Å²) in [5.74, 6) is -0.290. The molecule has 0 unspecified atom stereocenters. The Bertz CT molecular complexity index is 142. The van der Waals surface area contributed by atoms with E-state index < -0.39 is 5.38 Å². The first kappa shape index (κ1) is 6.87. The second kappa shape index (κ2) is 1.87. The Labute approximate surface area is 59.1 Å². The fourth-order valence-electron chi connectivity index (χ4n) is 0.722. The first-order valence-electron chi connectivity index (χ1n) is 2.85. The number of carbonyl (C=O) groups is 1. The van der Waals surface area contributed by atoms with Crippen molar-refractivity contribution >= 4 is 17.6 Å². The van der Waals surface area contributed by atoms with Gasteiger partial charge in [0.1, 0.15) is 5.38 Å².